The van der Waals surface area contributed by atoms with Crippen LogP contribution in [0.4, 0.5) is 0 Å². The third-order valence-electron chi connectivity index (χ3n) is 3.76. The van der Waals surface area contributed by atoms with E-state index in [-0.39, 0.29) is 6.04 Å². The molecule has 0 saturated carbocycles. The molecule has 0 aliphatic heterocycles. The van der Waals surface area contributed by atoms with E-state index < -0.39 is 14.6 Å². The Bertz CT molecular complexity index is 585. The fourth-order valence-corrected chi connectivity index (χ4v) is 3.04. The van der Waals surface area contributed by atoms with Crippen LogP contribution >= 0.6 is 11.6 Å². The molecular formula is C15H24ClNO3S. The molecule has 0 amide bonds. The Balaban J connectivity index is 3.29. The van der Waals surface area contributed by atoms with Crippen molar-refractivity contribution >= 4 is 21.4 Å². The van der Waals surface area contributed by atoms with Gasteiger partial charge in [-0.1, -0.05) is 24.6 Å². The molecule has 0 heterocycles. The van der Waals surface area contributed by atoms with Crippen LogP contribution < -0.4 is 10.1 Å². The lowest BCUT2D eigenvalue weighted by molar-refractivity contribution is 0.409. The molecule has 1 aromatic carbocycles. The molecule has 0 fully saturated rings. The van der Waals surface area contributed by atoms with Gasteiger partial charge >= 0.3 is 0 Å². The number of nitrogens with one attached hydrogen (secondary N) is 1. The van der Waals surface area contributed by atoms with E-state index in [0.717, 1.165) is 18.5 Å². The lowest BCUT2D eigenvalue weighted by Gasteiger charge is -2.34. The number of hydrogen-bond acceptors (Lipinski definition) is 4. The van der Waals surface area contributed by atoms with Crippen LogP contribution in [0.1, 0.15) is 38.8 Å². The van der Waals surface area contributed by atoms with E-state index in [4.69, 9.17) is 16.3 Å². The van der Waals surface area contributed by atoms with Gasteiger partial charge < -0.3 is 10.1 Å². The molecule has 0 saturated heterocycles. The molecule has 4 nitrogen and oxygen atoms in total. The van der Waals surface area contributed by atoms with E-state index in [0.29, 0.717) is 10.8 Å². The molecule has 0 aromatic heterocycles. The maximum atomic E-state index is 12.1. The Kier molecular flexibility index (Phi) is 6.08. The van der Waals surface area contributed by atoms with Crippen molar-refractivity contribution in [3.8, 4) is 5.75 Å². The van der Waals surface area contributed by atoms with Gasteiger partial charge in [0.05, 0.1) is 22.9 Å². The van der Waals surface area contributed by atoms with Gasteiger partial charge in [0.25, 0.3) is 0 Å². The van der Waals surface area contributed by atoms with E-state index in [2.05, 4.69) is 5.32 Å². The van der Waals surface area contributed by atoms with Gasteiger partial charge in [0.1, 0.15) is 5.75 Å². The average molecular weight is 334 g/mol. The summed E-state index contributed by atoms with van der Waals surface area (Å²) in [7, 11) is -1.70. The van der Waals surface area contributed by atoms with Crippen LogP contribution in [-0.2, 0) is 9.84 Å². The van der Waals surface area contributed by atoms with Gasteiger partial charge in [-0.25, -0.2) is 8.42 Å². The van der Waals surface area contributed by atoms with Crippen LogP contribution in [-0.4, -0.2) is 33.1 Å². The van der Waals surface area contributed by atoms with E-state index in [9.17, 15) is 8.42 Å². The molecule has 0 spiro atoms. The predicted octanol–water partition coefficient (Wildman–Crippen LogP) is 3.21. The van der Waals surface area contributed by atoms with Gasteiger partial charge in [0, 0.05) is 6.26 Å². The molecule has 120 valence electrons. The third kappa shape index (κ3) is 4.11. The zero-order valence-electron chi connectivity index (χ0n) is 13.2. The van der Waals surface area contributed by atoms with Gasteiger partial charge in [0.2, 0.25) is 0 Å². The second-order valence-electron chi connectivity index (χ2n) is 5.66. The minimum Gasteiger partial charge on any atom is -0.495 e. The van der Waals surface area contributed by atoms with Gasteiger partial charge in [-0.2, -0.15) is 0 Å². The molecule has 1 rings (SSSR count). The fraction of sp³-hybridized carbons (Fsp3) is 0.600. The number of methoxy groups -OCH3 is 1. The molecule has 1 aromatic rings. The van der Waals surface area contributed by atoms with E-state index >= 15 is 0 Å². The van der Waals surface area contributed by atoms with Crippen LogP contribution in [0, 0.1) is 0 Å². The predicted molar refractivity (Wildman–Crippen MR) is 88.0 cm³/mol. The van der Waals surface area contributed by atoms with Crippen molar-refractivity contribution in [3.63, 3.8) is 0 Å². The van der Waals surface area contributed by atoms with Crippen molar-refractivity contribution < 1.29 is 13.2 Å². The zero-order chi connectivity index (χ0) is 16.3. The SMILES string of the molecule is CCCNC(c1ccc(OC)c(Cl)c1)C(C)(C)S(C)(=O)=O. The fourth-order valence-electron chi connectivity index (χ4n) is 2.13. The van der Waals surface area contributed by atoms with Crippen LogP contribution in [0.5, 0.6) is 5.75 Å². The topological polar surface area (TPSA) is 55.4 Å². The Morgan fingerprint density at radius 3 is 2.43 bits per heavy atom. The maximum Gasteiger partial charge on any atom is 0.154 e. The van der Waals surface area contributed by atoms with Crippen molar-refractivity contribution in [2.45, 2.75) is 38.0 Å². The summed E-state index contributed by atoms with van der Waals surface area (Å²) in [6.07, 6.45) is 2.18. The Morgan fingerprint density at radius 1 is 1.38 bits per heavy atom. The van der Waals surface area contributed by atoms with Crippen LogP contribution in [0.15, 0.2) is 18.2 Å². The molecule has 0 bridgehead atoms. The van der Waals surface area contributed by atoms with E-state index in [1.165, 1.54) is 6.26 Å². The van der Waals surface area contributed by atoms with Gasteiger partial charge in [-0.15, -0.1) is 0 Å². The maximum absolute atomic E-state index is 12.1. The molecule has 1 N–H and O–H groups in total. The normalized spacial score (nSPS) is 14.0. The quantitative estimate of drug-likeness (QED) is 0.832. The summed E-state index contributed by atoms with van der Waals surface area (Å²) in [6, 6.07) is 5.04. The molecule has 0 aliphatic carbocycles. The third-order valence-corrected chi connectivity index (χ3v) is 6.20. The lowest BCUT2D eigenvalue weighted by atomic mass is 9.95. The number of ether oxygens (including phenoxy) is 1. The standard InChI is InChI=1S/C15H24ClNO3S/c1-6-9-17-14(15(2,3)21(5,18)19)11-7-8-13(20-4)12(16)10-11/h7-8,10,14,17H,6,9H2,1-5H3. The summed E-state index contributed by atoms with van der Waals surface area (Å²) in [4.78, 5) is 0. The summed E-state index contributed by atoms with van der Waals surface area (Å²) in [5.74, 6) is 0.576. The Hall–Kier alpha value is -0.780. The molecule has 0 aliphatic rings. The number of rotatable bonds is 7. The number of hydrogen-bond donors (Lipinski definition) is 1. The minimum atomic E-state index is -3.25. The van der Waals surface area contributed by atoms with Crippen molar-refractivity contribution in [2.24, 2.45) is 0 Å². The lowest BCUT2D eigenvalue weighted by Crippen LogP contribution is -2.45. The largest absolute Gasteiger partial charge is 0.495 e. The summed E-state index contributed by atoms with van der Waals surface area (Å²) in [6.45, 7) is 6.23. The van der Waals surface area contributed by atoms with E-state index in [1.807, 2.05) is 13.0 Å². The van der Waals surface area contributed by atoms with Crippen LogP contribution in [0.25, 0.3) is 0 Å². The van der Waals surface area contributed by atoms with Crippen molar-refractivity contribution in [1.29, 1.82) is 0 Å². The smallest absolute Gasteiger partial charge is 0.154 e. The summed E-state index contributed by atoms with van der Waals surface area (Å²) < 4.78 is 28.5. The molecule has 0 radical (unpaired) electrons. The number of sulfone groups is 1. The molecule has 1 unspecified atom stereocenters. The van der Waals surface area contributed by atoms with Crippen molar-refractivity contribution in [3.05, 3.63) is 28.8 Å². The monoisotopic (exact) mass is 333 g/mol. The highest BCUT2D eigenvalue weighted by Crippen LogP contribution is 2.35. The van der Waals surface area contributed by atoms with Crippen LogP contribution in [0.2, 0.25) is 5.02 Å². The Morgan fingerprint density at radius 2 is 2.00 bits per heavy atom. The van der Waals surface area contributed by atoms with Crippen LogP contribution in [0.3, 0.4) is 0 Å². The molecule has 21 heavy (non-hydrogen) atoms. The summed E-state index contributed by atoms with van der Waals surface area (Å²) >= 11 is 6.17. The highest BCUT2D eigenvalue weighted by atomic mass is 35.5. The molecule has 6 heteroatoms. The first-order valence-electron chi connectivity index (χ1n) is 6.91. The van der Waals surface area contributed by atoms with Gasteiger partial charge in [0.15, 0.2) is 9.84 Å². The first kappa shape index (κ1) is 18.3. The highest BCUT2D eigenvalue weighted by Gasteiger charge is 2.39. The zero-order valence-corrected chi connectivity index (χ0v) is 14.8. The first-order chi connectivity index (χ1) is 9.65. The number of halogens is 1. The highest BCUT2D eigenvalue weighted by molar-refractivity contribution is 7.92. The van der Waals surface area contributed by atoms with Gasteiger partial charge in [-0.3, -0.25) is 0 Å². The average Bonchev–Trinajstić information content (AvgIpc) is 2.37. The first-order valence-corrected chi connectivity index (χ1v) is 9.18. The van der Waals surface area contributed by atoms with Crippen molar-refractivity contribution in [2.75, 3.05) is 19.9 Å². The molecular weight excluding hydrogens is 310 g/mol. The Labute approximate surface area is 132 Å². The van der Waals surface area contributed by atoms with Crippen molar-refractivity contribution in [1.82, 2.24) is 5.32 Å². The van der Waals surface area contributed by atoms with E-state index in [1.54, 1.807) is 33.1 Å². The second kappa shape index (κ2) is 6.99. The minimum absolute atomic E-state index is 0.337. The van der Waals surface area contributed by atoms with Gasteiger partial charge in [-0.05, 0) is 44.5 Å². The summed E-state index contributed by atoms with van der Waals surface area (Å²) in [5.41, 5.74) is 0.838. The second-order valence-corrected chi connectivity index (χ2v) is 8.66. The number of benzene rings is 1. The molecule has 1 atom stereocenters. The summed E-state index contributed by atoms with van der Waals surface area (Å²) in [5, 5.41) is 3.79.